The first-order valence-electron chi connectivity index (χ1n) is 5.68. The zero-order valence-electron chi connectivity index (χ0n) is 10.0. The van der Waals surface area contributed by atoms with E-state index in [1.54, 1.807) is 19.1 Å². The average molecular weight is 322 g/mol. The summed E-state index contributed by atoms with van der Waals surface area (Å²) in [5, 5.41) is 4.21. The molecule has 0 aliphatic carbocycles. The Morgan fingerprint density at radius 3 is 2.68 bits per heavy atom. The number of aliphatic imine (C=N–C) groups is 1. The average Bonchev–Trinajstić information content (AvgIpc) is 2.67. The van der Waals surface area contributed by atoms with Gasteiger partial charge in [0.05, 0.1) is 16.7 Å². The van der Waals surface area contributed by atoms with Crippen molar-refractivity contribution in [3.63, 3.8) is 0 Å². The van der Waals surface area contributed by atoms with Gasteiger partial charge in [0.25, 0.3) is 5.91 Å². The van der Waals surface area contributed by atoms with Gasteiger partial charge in [-0.1, -0.05) is 12.1 Å². The molecule has 0 atom stereocenters. The van der Waals surface area contributed by atoms with E-state index < -0.39 is 0 Å². The van der Waals surface area contributed by atoms with Crippen LogP contribution in [0.15, 0.2) is 29.3 Å². The maximum Gasteiger partial charge on any atom is 0.255 e. The lowest BCUT2D eigenvalue weighted by Gasteiger charge is -2.10. The van der Waals surface area contributed by atoms with Crippen molar-refractivity contribution in [3.8, 4) is 11.1 Å². The van der Waals surface area contributed by atoms with Crippen LogP contribution in [0.5, 0.6) is 0 Å². The monoisotopic (exact) mass is 321 g/mol. The third-order valence-electron chi connectivity index (χ3n) is 2.93. The number of aryl methyl sites for hydroxylation is 1. The zero-order valence-corrected chi connectivity index (χ0v) is 11.6. The predicted octanol–water partition coefficient (Wildman–Crippen LogP) is 3.47. The normalized spacial score (nSPS) is 14.3. The van der Waals surface area contributed by atoms with Crippen LogP contribution in [0, 0.1) is 12.7 Å². The quantitative estimate of drug-likeness (QED) is 0.807. The zero-order chi connectivity index (χ0) is 13.6. The first-order chi connectivity index (χ1) is 9.06. The second kappa shape index (κ2) is 4.38. The summed E-state index contributed by atoms with van der Waals surface area (Å²) in [4.78, 5) is 16.2. The highest BCUT2D eigenvalue weighted by Crippen LogP contribution is 2.36. The van der Waals surface area contributed by atoms with Crippen LogP contribution in [-0.4, -0.2) is 20.3 Å². The lowest BCUT2D eigenvalue weighted by atomic mass is 10.1. The molecule has 0 fully saturated rings. The number of aromatic nitrogens is 2. The van der Waals surface area contributed by atoms with Crippen LogP contribution in [0.25, 0.3) is 11.1 Å². The van der Waals surface area contributed by atoms with E-state index in [0.29, 0.717) is 16.1 Å². The molecule has 1 aliphatic heterocycles. The van der Waals surface area contributed by atoms with E-state index in [2.05, 4.69) is 26.0 Å². The van der Waals surface area contributed by atoms with E-state index in [4.69, 9.17) is 0 Å². The van der Waals surface area contributed by atoms with Crippen molar-refractivity contribution in [1.82, 2.24) is 9.78 Å². The molecule has 19 heavy (non-hydrogen) atoms. The van der Waals surface area contributed by atoms with Crippen molar-refractivity contribution in [2.75, 3.05) is 0 Å². The molecule has 4 nitrogen and oxygen atoms in total. The van der Waals surface area contributed by atoms with Gasteiger partial charge in [0.2, 0.25) is 0 Å². The van der Waals surface area contributed by atoms with Gasteiger partial charge in [-0.05, 0) is 40.5 Å². The minimum Gasteiger partial charge on any atom is -0.272 e. The van der Waals surface area contributed by atoms with Crippen LogP contribution in [0.3, 0.4) is 0 Å². The van der Waals surface area contributed by atoms with E-state index in [-0.39, 0.29) is 18.1 Å². The number of fused-ring (bicyclic) bond motifs is 1. The van der Waals surface area contributed by atoms with Crippen LogP contribution < -0.4 is 0 Å². The fraction of sp³-hybridized carbons (Fsp3) is 0.154. The standard InChI is InChI=1S/C13H9BrFN3O/c1-7-12(8-2-4-9(15)5-3-8)13-16-10(14)6-11(19)18(13)17-7/h2-5H,6H2,1H3. The highest BCUT2D eigenvalue weighted by molar-refractivity contribution is 9.18. The van der Waals surface area contributed by atoms with Crippen molar-refractivity contribution in [1.29, 1.82) is 0 Å². The topological polar surface area (TPSA) is 47.2 Å². The predicted molar refractivity (Wildman–Crippen MR) is 73.6 cm³/mol. The van der Waals surface area contributed by atoms with Crippen LogP contribution >= 0.6 is 15.9 Å². The minimum absolute atomic E-state index is 0.131. The highest BCUT2D eigenvalue weighted by atomic mass is 79.9. The Balaban J connectivity index is 2.24. The Hall–Kier alpha value is -1.82. The number of hydrogen-bond acceptors (Lipinski definition) is 3. The fourth-order valence-corrected chi connectivity index (χ4v) is 2.51. The van der Waals surface area contributed by atoms with Crippen molar-refractivity contribution >= 4 is 32.3 Å². The van der Waals surface area contributed by atoms with Gasteiger partial charge in [0.15, 0.2) is 5.82 Å². The molecule has 96 valence electrons. The number of hydrogen-bond donors (Lipinski definition) is 0. The number of carbonyl (C=O) groups is 1. The molecule has 1 aliphatic rings. The summed E-state index contributed by atoms with van der Waals surface area (Å²) in [5.74, 6) is 0.0590. The van der Waals surface area contributed by atoms with Crippen LogP contribution in [0.1, 0.15) is 16.9 Å². The van der Waals surface area contributed by atoms with Gasteiger partial charge >= 0.3 is 0 Å². The third kappa shape index (κ3) is 2.02. The van der Waals surface area contributed by atoms with Crippen LogP contribution in [-0.2, 0) is 0 Å². The number of rotatable bonds is 1. The molecular formula is C13H9BrFN3O. The van der Waals surface area contributed by atoms with Crippen molar-refractivity contribution in [2.45, 2.75) is 13.3 Å². The SMILES string of the molecule is Cc1nn2c(c1-c1ccc(F)cc1)N=C(Br)CC2=O. The van der Waals surface area contributed by atoms with Crippen LogP contribution in [0.2, 0.25) is 0 Å². The molecule has 0 unspecified atom stereocenters. The molecule has 0 spiro atoms. The van der Waals surface area contributed by atoms with Gasteiger partial charge in [0, 0.05) is 5.56 Å². The van der Waals surface area contributed by atoms with Gasteiger partial charge < -0.3 is 0 Å². The van der Waals surface area contributed by atoms with Crippen molar-refractivity contribution < 1.29 is 9.18 Å². The molecule has 0 N–H and O–H groups in total. The summed E-state index contributed by atoms with van der Waals surface area (Å²) in [6.07, 6.45) is 0.205. The summed E-state index contributed by atoms with van der Waals surface area (Å²) in [6.45, 7) is 1.81. The molecule has 1 aromatic carbocycles. The highest BCUT2D eigenvalue weighted by Gasteiger charge is 2.25. The molecular weight excluding hydrogens is 313 g/mol. The summed E-state index contributed by atoms with van der Waals surface area (Å²) >= 11 is 3.25. The van der Waals surface area contributed by atoms with Gasteiger partial charge in [-0.3, -0.25) is 4.79 Å². The summed E-state index contributed by atoms with van der Waals surface area (Å²) in [6, 6.07) is 6.07. The van der Waals surface area contributed by atoms with E-state index in [9.17, 15) is 9.18 Å². The Labute approximate surface area is 117 Å². The fourth-order valence-electron chi connectivity index (χ4n) is 2.10. The molecule has 0 amide bonds. The molecule has 2 heterocycles. The van der Waals surface area contributed by atoms with E-state index in [0.717, 1.165) is 11.1 Å². The largest absolute Gasteiger partial charge is 0.272 e. The number of halogens is 2. The first kappa shape index (κ1) is 12.2. The molecule has 6 heteroatoms. The number of nitrogens with zero attached hydrogens (tertiary/aromatic N) is 3. The summed E-state index contributed by atoms with van der Waals surface area (Å²) < 4.78 is 14.9. The second-order valence-electron chi connectivity index (χ2n) is 4.26. The smallest absolute Gasteiger partial charge is 0.255 e. The lowest BCUT2D eigenvalue weighted by molar-refractivity contribution is 0.0907. The molecule has 3 rings (SSSR count). The minimum atomic E-state index is -0.303. The molecule has 0 radical (unpaired) electrons. The van der Waals surface area contributed by atoms with Crippen LogP contribution in [0.4, 0.5) is 10.2 Å². The maximum absolute atomic E-state index is 13.0. The van der Waals surface area contributed by atoms with E-state index >= 15 is 0 Å². The Kier molecular flexibility index (Phi) is 2.82. The van der Waals surface area contributed by atoms with Gasteiger partial charge in [0.1, 0.15) is 5.82 Å². The molecule has 0 bridgehead atoms. The lowest BCUT2D eigenvalue weighted by Crippen LogP contribution is -2.18. The van der Waals surface area contributed by atoms with E-state index in [1.807, 2.05) is 0 Å². The van der Waals surface area contributed by atoms with E-state index in [1.165, 1.54) is 16.8 Å². The molecule has 0 saturated heterocycles. The number of benzene rings is 1. The molecule has 0 saturated carbocycles. The van der Waals surface area contributed by atoms with Gasteiger partial charge in [-0.2, -0.15) is 9.78 Å². The number of carbonyl (C=O) groups excluding carboxylic acids is 1. The summed E-state index contributed by atoms with van der Waals surface area (Å²) in [7, 11) is 0. The Morgan fingerprint density at radius 2 is 2.00 bits per heavy atom. The second-order valence-corrected chi connectivity index (χ2v) is 5.18. The maximum atomic E-state index is 13.0. The third-order valence-corrected chi connectivity index (χ3v) is 3.39. The Morgan fingerprint density at radius 1 is 1.32 bits per heavy atom. The van der Waals surface area contributed by atoms with Crippen molar-refractivity contribution in [2.24, 2.45) is 4.99 Å². The summed E-state index contributed by atoms with van der Waals surface area (Å²) in [5.41, 5.74) is 2.24. The first-order valence-corrected chi connectivity index (χ1v) is 6.47. The molecule has 1 aromatic heterocycles. The van der Waals surface area contributed by atoms with Gasteiger partial charge in [-0.25, -0.2) is 9.38 Å². The molecule has 2 aromatic rings. The van der Waals surface area contributed by atoms with Crippen molar-refractivity contribution in [3.05, 3.63) is 35.8 Å². The Bertz CT molecular complexity index is 703. The van der Waals surface area contributed by atoms with Gasteiger partial charge in [-0.15, -0.1) is 0 Å².